The van der Waals surface area contributed by atoms with Crippen LogP contribution in [0.25, 0.3) is 0 Å². The van der Waals surface area contributed by atoms with Gasteiger partial charge in [0.05, 0.1) is 12.3 Å². The van der Waals surface area contributed by atoms with Gasteiger partial charge in [0.25, 0.3) is 0 Å². The lowest BCUT2D eigenvalue weighted by Crippen LogP contribution is -2.12. The quantitative estimate of drug-likeness (QED) is 0.611. The second kappa shape index (κ2) is 5.47. The van der Waals surface area contributed by atoms with Gasteiger partial charge in [-0.05, 0) is 19.1 Å². The minimum Gasteiger partial charge on any atom is -0.463 e. The van der Waals surface area contributed by atoms with Gasteiger partial charge in [0.2, 0.25) is 0 Å². The molecule has 4 nitrogen and oxygen atoms in total. The third-order valence-corrected chi connectivity index (χ3v) is 1.61. The summed E-state index contributed by atoms with van der Waals surface area (Å²) >= 11 is 0. The molecule has 0 aliphatic heterocycles. The highest BCUT2D eigenvalue weighted by Gasteiger charge is 2.03. The predicted octanol–water partition coefficient (Wildman–Crippen LogP) is 0.808. The summed E-state index contributed by atoms with van der Waals surface area (Å²) in [6.07, 6.45) is -0.841. The van der Waals surface area contributed by atoms with E-state index in [1.54, 1.807) is 13.0 Å². The molecule has 4 heteroatoms. The van der Waals surface area contributed by atoms with E-state index in [9.17, 15) is 0 Å². The van der Waals surface area contributed by atoms with Crippen molar-refractivity contribution in [2.45, 2.75) is 13.2 Å². The second-order valence-corrected chi connectivity index (χ2v) is 2.86. The molecule has 0 saturated carbocycles. The lowest BCUT2D eigenvalue weighted by Gasteiger charge is -2.13. The topological polar surface area (TPSA) is 61.7 Å². The molecule has 0 amide bonds. The summed E-state index contributed by atoms with van der Waals surface area (Å²) in [5, 5.41) is 20.7. The minimum absolute atomic E-state index is 0.0585. The molecule has 0 aliphatic rings. The predicted molar refractivity (Wildman–Crippen MR) is 54.3 cm³/mol. The first-order valence-corrected chi connectivity index (χ1v) is 4.52. The van der Waals surface area contributed by atoms with Crippen molar-refractivity contribution < 1.29 is 14.9 Å². The number of rotatable bonds is 5. The molecule has 0 saturated heterocycles. The summed E-state index contributed by atoms with van der Waals surface area (Å²) in [5.41, 5.74) is 0.766. The highest BCUT2D eigenvalue weighted by molar-refractivity contribution is 5.56. The molecule has 1 aromatic carbocycles. The van der Waals surface area contributed by atoms with E-state index in [1.165, 1.54) is 0 Å². The third kappa shape index (κ3) is 3.24. The number of hydrogen-bond acceptors (Lipinski definition) is 4. The summed E-state index contributed by atoms with van der Waals surface area (Å²) < 4.78 is 5.15. The molecule has 78 valence electrons. The van der Waals surface area contributed by atoms with E-state index in [2.05, 4.69) is 5.32 Å². The molecule has 0 heterocycles. The number of ether oxygens (including phenoxy) is 1. The highest BCUT2D eigenvalue weighted by atomic mass is 16.6. The molecule has 1 atom stereocenters. The Morgan fingerprint density at radius 2 is 2.14 bits per heavy atom. The Morgan fingerprint density at radius 3 is 2.79 bits per heavy atom. The van der Waals surface area contributed by atoms with Crippen LogP contribution < -0.4 is 10.1 Å². The number of benzene rings is 1. The number of para-hydroxylation sites is 2. The number of anilines is 1. The first-order chi connectivity index (χ1) is 6.74. The van der Waals surface area contributed by atoms with Crippen LogP contribution in [-0.2, 0) is 0 Å². The van der Waals surface area contributed by atoms with Gasteiger partial charge >= 0.3 is 0 Å². The molecule has 0 spiro atoms. The highest BCUT2D eigenvalue weighted by Crippen LogP contribution is 2.23. The van der Waals surface area contributed by atoms with Gasteiger partial charge in [-0.2, -0.15) is 0 Å². The molecule has 0 aliphatic carbocycles. The summed E-state index contributed by atoms with van der Waals surface area (Å²) in [7, 11) is 0. The molecule has 0 fully saturated rings. The van der Waals surface area contributed by atoms with E-state index >= 15 is 0 Å². The molecule has 14 heavy (non-hydrogen) atoms. The van der Waals surface area contributed by atoms with E-state index in [0.717, 1.165) is 5.69 Å². The van der Waals surface area contributed by atoms with E-state index in [4.69, 9.17) is 14.9 Å². The van der Waals surface area contributed by atoms with E-state index < -0.39 is 6.29 Å². The zero-order valence-corrected chi connectivity index (χ0v) is 8.10. The summed E-state index contributed by atoms with van der Waals surface area (Å²) in [4.78, 5) is 0. The first kappa shape index (κ1) is 10.8. The van der Waals surface area contributed by atoms with Crippen molar-refractivity contribution in [1.29, 1.82) is 0 Å². The lowest BCUT2D eigenvalue weighted by atomic mass is 10.3. The normalized spacial score (nSPS) is 12.2. The van der Waals surface area contributed by atoms with Crippen molar-refractivity contribution in [3.8, 4) is 5.75 Å². The van der Waals surface area contributed by atoms with E-state index in [1.807, 2.05) is 18.2 Å². The number of hydrogen-bond donors (Lipinski definition) is 3. The Morgan fingerprint density at radius 1 is 1.43 bits per heavy atom. The average Bonchev–Trinajstić information content (AvgIpc) is 2.16. The van der Waals surface area contributed by atoms with Gasteiger partial charge in [0.15, 0.2) is 6.29 Å². The Labute approximate surface area is 83.1 Å². The van der Waals surface area contributed by atoms with Crippen LogP contribution in [0.1, 0.15) is 6.92 Å². The summed E-state index contributed by atoms with van der Waals surface area (Å²) in [5.74, 6) is 0.580. The molecule has 1 rings (SSSR count). The number of aliphatic hydroxyl groups excluding tert-OH is 2. The van der Waals surface area contributed by atoms with Crippen LogP contribution in [0.15, 0.2) is 24.3 Å². The zero-order valence-electron chi connectivity index (χ0n) is 8.10. The summed E-state index contributed by atoms with van der Waals surface area (Å²) in [6.45, 7) is 2.06. The van der Waals surface area contributed by atoms with Crippen molar-refractivity contribution in [2.24, 2.45) is 0 Å². The van der Waals surface area contributed by atoms with Gasteiger partial charge in [-0.15, -0.1) is 0 Å². The maximum absolute atomic E-state index is 9.06. The maximum Gasteiger partial charge on any atom is 0.194 e. The first-order valence-electron chi connectivity index (χ1n) is 4.52. The van der Waals surface area contributed by atoms with Crippen LogP contribution in [0.4, 0.5) is 5.69 Å². The van der Waals surface area contributed by atoms with Crippen LogP contribution in [-0.4, -0.2) is 29.7 Å². The third-order valence-electron chi connectivity index (χ3n) is 1.61. The maximum atomic E-state index is 9.06. The van der Waals surface area contributed by atoms with Crippen LogP contribution in [0.2, 0.25) is 0 Å². The standard InChI is InChI=1S/C10H15NO3/c1-8(13)14-10-5-3-2-4-9(10)11-6-7-12/h2-5,8,11-13H,6-7H2,1H3. The van der Waals surface area contributed by atoms with E-state index in [-0.39, 0.29) is 6.61 Å². The van der Waals surface area contributed by atoms with Gasteiger partial charge in [0, 0.05) is 6.54 Å². The number of nitrogens with one attached hydrogen (secondary N) is 1. The van der Waals surface area contributed by atoms with Crippen molar-refractivity contribution >= 4 is 5.69 Å². The number of aliphatic hydroxyl groups is 2. The molecule has 0 bridgehead atoms. The molecule has 0 aromatic heterocycles. The van der Waals surface area contributed by atoms with Crippen LogP contribution in [0.5, 0.6) is 5.75 Å². The Bertz CT molecular complexity index is 276. The fraction of sp³-hybridized carbons (Fsp3) is 0.400. The second-order valence-electron chi connectivity index (χ2n) is 2.86. The van der Waals surface area contributed by atoms with Gasteiger partial charge in [-0.1, -0.05) is 12.1 Å². The zero-order chi connectivity index (χ0) is 10.4. The van der Waals surface area contributed by atoms with Gasteiger partial charge in [-0.25, -0.2) is 0 Å². The molecule has 0 radical (unpaired) electrons. The fourth-order valence-corrected chi connectivity index (χ4v) is 1.09. The van der Waals surface area contributed by atoms with Crippen LogP contribution in [0, 0.1) is 0 Å². The minimum atomic E-state index is -0.841. The monoisotopic (exact) mass is 197 g/mol. The lowest BCUT2D eigenvalue weighted by molar-refractivity contribution is 0.000225. The molecule has 1 unspecified atom stereocenters. The average molecular weight is 197 g/mol. The van der Waals surface area contributed by atoms with Crippen molar-refractivity contribution in [3.05, 3.63) is 24.3 Å². The van der Waals surface area contributed by atoms with Gasteiger partial charge in [0.1, 0.15) is 5.75 Å². The fourth-order valence-electron chi connectivity index (χ4n) is 1.09. The van der Waals surface area contributed by atoms with Crippen LogP contribution in [0.3, 0.4) is 0 Å². The SMILES string of the molecule is CC(O)Oc1ccccc1NCCO. The van der Waals surface area contributed by atoms with Crippen molar-refractivity contribution in [1.82, 2.24) is 0 Å². The molecule has 3 N–H and O–H groups in total. The van der Waals surface area contributed by atoms with Crippen LogP contribution >= 0.6 is 0 Å². The van der Waals surface area contributed by atoms with Gasteiger partial charge in [-0.3, -0.25) is 0 Å². The van der Waals surface area contributed by atoms with Crippen molar-refractivity contribution in [2.75, 3.05) is 18.5 Å². The molecule has 1 aromatic rings. The Hall–Kier alpha value is -1.26. The van der Waals surface area contributed by atoms with E-state index in [0.29, 0.717) is 12.3 Å². The van der Waals surface area contributed by atoms with Crippen molar-refractivity contribution in [3.63, 3.8) is 0 Å². The molecular weight excluding hydrogens is 182 g/mol. The van der Waals surface area contributed by atoms with Gasteiger partial charge < -0.3 is 20.3 Å². The Balaban J connectivity index is 2.69. The largest absolute Gasteiger partial charge is 0.463 e. The Kier molecular flexibility index (Phi) is 4.22. The summed E-state index contributed by atoms with van der Waals surface area (Å²) in [6, 6.07) is 7.26. The smallest absolute Gasteiger partial charge is 0.194 e. The molecular formula is C10H15NO3.